The first kappa shape index (κ1) is 27.9. The van der Waals surface area contributed by atoms with E-state index in [0.29, 0.717) is 26.4 Å². The summed E-state index contributed by atoms with van der Waals surface area (Å²) in [6, 6.07) is 15.2. The number of primary amides is 1. The largest absolute Gasteiger partial charge is 0.497 e. The van der Waals surface area contributed by atoms with Crippen LogP contribution in [0, 0.1) is 0 Å². The highest BCUT2D eigenvalue weighted by atomic mass is 35.5. The van der Waals surface area contributed by atoms with Gasteiger partial charge in [-0.1, -0.05) is 30.7 Å². The summed E-state index contributed by atoms with van der Waals surface area (Å²) in [5.74, 6) is 0.737. The van der Waals surface area contributed by atoms with E-state index in [2.05, 4.69) is 17.9 Å². The van der Waals surface area contributed by atoms with Crippen molar-refractivity contribution in [2.75, 3.05) is 58.6 Å². The molecule has 2 aromatic carbocycles. The van der Waals surface area contributed by atoms with E-state index in [1.807, 2.05) is 42.5 Å². The molecule has 0 radical (unpaired) electrons. The number of urea groups is 1. The maximum Gasteiger partial charge on any atom is 0.319 e. The van der Waals surface area contributed by atoms with Crippen LogP contribution in [0.2, 0.25) is 5.02 Å². The number of methoxy groups -OCH3 is 2. The number of hydrogen-bond donors (Lipinski definition) is 1. The minimum Gasteiger partial charge on any atom is -0.497 e. The Morgan fingerprint density at radius 3 is 2.44 bits per heavy atom. The topological polar surface area (TPSA) is 77.3 Å². The Labute approximate surface area is 208 Å². The Morgan fingerprint density at radius 1 is 1.06 bits per heavy atom. The molecular formula is C26H38ClN3O4. The zero-order valence-corrected chi connectivity index (χ0v) is 21.3. The highest BCUT2D eigenvalue weighted by Gasteiger charge is 2.20. The van der Waals surface area contributed by atoms with Gasteiger partial charge in [-0.2, -0.15) is 0 Å². The molecule has 0 saturated carbocycles. The fourth-order valence-electron chi connectivity index (χ4n) is 3.99. The SMILES string of the molecule is CCN(CCOCCOC)C(CCCN(C(N)=O)c1ccc(OC)cc1)Cc1cccc(Cl)c1. The molecule has 0 aliphatic rings. The molecule has 2 N–H and O–H groups in total. The fraction of sp³-hybridized carbons (Fsp3) is 0.500. The van der Waals surface area contributed by atoms with Crippen molar-refractivity contribution in [3.8, 4) is 5.75 Å². The molecule has 8 heteroatoms. The molecule has 2 aromatic rings. The lowest BCUT2D eigenvalue weighted by molar-refractivity contribution is 0.0494. The predicted octanol–water partition coefficient (Wildman–Crippen LogP) is 4.61. The summed E-state index contributed by atoms with van der Waals surface area (Å²) >= 11 is 6.23. The number of rotatable bonds is 16. The number of carbonyl (C=O) groups is 1. The molecule has 7 nitrogen and oxygen atoms in total. The summed E-state index contributed by atoms with van der Waals surface area (Å²) in [7, 11) is 3.28. The normalized spacial score (nSPS) is 12.0. The van der Waals surface area contributed by atoms with Gasteiger partial charge in [0.05, 0.1) is 26.9 Å². The highest BCUT2D eigenvalue weighted by molar-refractivity contribution is 6.30. The Hall–Kier alpha value is -2.32. The molecule has 2 rings (SSSR count). The number of likely N-dealkylation sites (N-methyl/N-ethyl adjacent to an activating group) is 1. The highest BCUT2D eigenvalue weighted by Crippen LogP contribution is 2.21. The van der Waals surface area contributed by atoms with Crippen LogP contribution in [0.15, 0.2) is 48.5 Å². The molecule has 0 fully saturated rings. The van der Waals surface area contributed by atoms with E-state index < -0.39 is 6.03 Å². The Balaban J connectivity index is 2.05. The van der Waals surface area contributed by atoms with Crippen LogP contribution in [0.25, 0.3) is 0 Å². The molecule has 1 unspecified atom stereocenters. The van der Waals surface area contributed by atoms with Crippen molar-refractivity contribution in [3.05, 3.63) is 59.1 Å². The summed E-state index contributed by atoms with van der Waals surface area (Å²) in [6.45, 7) is 6.24. The smallest absolute Gasteiger partial charge is 0.319 e. The summed E-state index contributed by atoms with van der Waals surface area (Å²) in [4.78, 5) is 16.2. The number of ether oxygens (including phenoxy) is 3. The van der Waals surface area contributed by atoms with Gasteiger partial charge in [0, 0.05) is 37.0 Å². The molecule has 0 aliphatic heterocycles. The van der Waals surface area contributed by atoms with Gasteiger partial charge < -0.3 is 19.9 Å². The third-order valence-electron chi connectivity index (χ3n) is 5.81. The Bertz CT molecular complexity index is 850. The third kappa shape index (κ3) is 9.50. The van der Waals surface area contributed by atoms with Crippen molar-refractivity contribution >= 4 is 23.3 Å². The zero-order valence-electron chi connectivity index (χ0n) is 20.5. The second-order valence-corrected chi connectivity index (χ2v) is 8.49. The van der Waals surface area contributed by atoms with Gasteiger partial charge in [0.15, 0.2) is 0 Å². The number of nitrogens with zero attached hydrogens (tertiary/aromatic N) is 2. The van der Waals surface area contributed by atoms with E-state index in [1.165, 1.54) is 5.56 Å². The lowest BCUT2D eigenvalue weighted by atomic mass is 9.99. The average molecular weight is 492 g/mol. The molecule has 0 spiro atoms. The average Bonchev–Trinajstić information content (AvgIpc) is 2.83. The van der Waals surface area contributed by atoms with Crippen molar-refractivity contribution in [1.29, 1.82) is 0 Å². The van der Waals surface area contributed by atoms with Crippen LogP contribution in [-0.4, -0.2) is 70.6 Å². The molecule has 0 heterocycles. The van der Waals surface area contributed by atoms with E-state index in [0.717, 1.165) is 48.8 Å². The Kier molecular flexibility index (Phi) is 12.8. The van der Waals surface area contributed by atoms with Crippen LogP contribution in [0.5, 0.6) is 5.75 Å². The maximum absolute atomic E-state index is 12.1. The second kappa shape index (κ2) is 15.6. The molecule has 0 saturated heterocycles. The lowest BCUT2D eigenvalue weighted by Gasteiger charge is -2.32. The Morgan fingerprint density at radius 2 is 1.82 bits per heavy atom. The van der Waals surface area contributed by atoms with E-state index in [9.17, 15) is 4.79 Å². The van der Waals surface area contributed by atoms with Crippen LogP contribution in [0.4, 0.5) is 10.5 Å². The number of nitrogens with two attached hydrogens (primary N) is 1. The number of hydrogen-bond acceptors (Lipinski definition) is 5. The molecule has 1 atom stereocenters. The van der Waals surface area contributed by atoms with Crippen molar-refractivity contribution in [2.45, 2.75) is 32.2 Å². The number of halogens is 1. The number of carbonyl (C=O) groups excluding carboxylic acids is 1. The molecule has 0 aliphatic carbocycles. The lowest BCUT2D eigenvalue weighted by Crippen LogP contribution is -2.41. The van der Waals surface area contributed by atoms with Crippen molar-refractivity contribution in [3.63, 3.8) is 0 Å². The second-order valence-electron chi connectivity index (χ2n) is 8.05. The van der Waals surface area contributed by atoms with Gasteiger partial charge in [-0.3, -0.25) is 9.80 Å². The van der Waals surface area contributed by atoms with Crippen LogP contribution in [-0.2, 0) is 15.9 Å². The summed E-state index contributed by atoms with van der Waals surface area (Å²) in [5.41, 5.74) is 7.65. The molecule has 188 valence electrons. The van der Waals surface area contributed by atoms with Gasteiger partial charge in [-0.25, -0.2) is 4.79 Å². The summed E-state index contributed by atoms with van der Waals surface area (Å²) in [6.07, 6.45) is 2.57. The quantitative estimate of drug-likeness (QED) is 0.347. The minimum absolute atomic E-state index is 0.278. The van der Waals surface area contributed by atoms with Crippen molar-refractivity contribution < 1.29 is 19.0 Å². The van der Waals surface area contributed by atoms with Crippen molar-refractivity contribution in [1.82, 2.24) is 4.90 Å². The first-order valence-corrected chi connectivity index (χ1v) is 12.1. The standard InChI is InChI=1S/C26H38ClN3O4/c1-4-29(15-16-34-18-17-32-2)24(20-21-7-5-8-22(27)19-21)9-6-14-30(26(28)31)23-10-12-25(33-3)13-11-23/h5,7-8,10-13,19,24H,4,6,9,14-18,20H2,1-3H3,(H2,28,31). The summed E-state index contributed by atoms with van der Waals surface area (Å²) < 4.78 is 16.0. The molecule has 0 bridgehead atoms. The first-order valence-electron chi connectivity index (χ1n) is 11.7. The van der Waals surface area contributed by atoms with Gasteiger partial charge in [0.25, 0.3) is 0 Å². The summed E-state index contributed by atoms with van der Waals surface area (Å²) in [5, 5.41) is 0.738. The van der Waals surface area contributed by atoms with Crippen LogP contribution in [0.1, 0.15) is 25.3 Å². The molecule has 2 amide bonds. The van der Waals surface area contributed by atoms with Crippen LogP contribution in [0.3, 0.4) is 0 Å². The van der Waals surface area contributed by atoms with Gasteiger partial charge in [0.1, 0.15) is 5.75 Å². The van der Waals surface area contributed by atoms with Gasteiger partial charge in [0.2, 0.25) is 0 Å². The monoisotopic (exact) mass is 491 g/mol. The van der Waals surface area contributed by atoms with Gasteiger partial charge >= 0.3 is 6.03 Å². The molecule has 0 aromatic heterocycles. The third-order valence-corrected chi connectivity index (χ3v) is 6.04. The van der Waals surface area contributed by atoms with E-state index in [-0.39, 0.29) is 6.04 Å². The number of amides is 2. The number of benzene rings is 2. The fourth-order valence-corrected chi connectivity index (χ4v) is 4.20. The predicted molar refractivity (Wildman–Crippen MR) is 138 cm³/mol. The van der Waals surface area contributed by atoms with E-state index in [1.54, 1.807) is 19.1 Å². The molecule has 34 heavy (non-hydrogen) atoms. The van der Waals surface area contributed by atoms with Gasteiger partial charge in [-0.15, -0.1) is 0 Å². The van der Waals surface area contributed by atoms with E-state index >= 15 is 0 Å². The van der Waals surface area contributed by atoms with Crippen LogP contribution >= 0.6 is 11.6 Å². The van der Waals surface area contributed by atoms with Crippen LogP contribution < -0.4 is 15.4 Å². The minimum atomic E-state index is -0.463. The molecular weight excluding hydrogens is 454 g/mol. The van der Waals surface area contributed by atoms with Crippen molar-refractivity contribution in [2.24, 2.45) is 5.73 Å². The van der Waals surface area contributed by atoms with Gasteiger partial charge in [-0.05, 0) is 67.8 Å². The number of anilines is 1. The maximum atomic E-state index is 12.1. The first-order chi connectivity index (χ1) is 16.5. The zero-order chi connectivity index (χ0) is 24.8. The van der Waals surface area contributed by atoms with E-state index in [4.69, 9.17) is 31.5 Å².